The summed E-state index contributed by atoms with van der Waals surface area (Å²) in [6.07, 6.45) is -5.73. The second-order valence-electron chi connectivity index (χ2n) is 5.23. The Morgan fingerprint density at radius 1 is 1.38 bits per heavy atom. The average molecular weight is 397 g/mol. The molecule has 26 heavy (non-hydrogen) atoms. The Morgan fingerprint density at radius 2 is 2.08 bits per heavy atom. The monoisotopic (exact) mass is 397 g/mol. The topological polar surface area (TPSA) is 138 Å². The van der Waals surface area contributed by atoms with Crippen LogP contribution in [0.15, 0.2) is 21.9 Å². The first kappa shape index (κ1) is 16.8. The Labute approximate surface area is 153 Å². The number of ether oxygens (including phenoxy) is 3. The number of aromatic nitrogens is 2. The van der Waals surface area contributed by atoms with Crippen LogP contribution in [0.25, 0.3) is 0 Å². The van der Waals surface area contributed by atoms with Crippen molar-refractivity contribution >= 4 is 7.60 Å². The Morgan fingerprint density at radius 3 is 2.65 bits per heavy atom. The minimum atomic E-state index is -3.65. The summed E-state index contributed by atoms with van der Waals surface area (Å²) in [7, 11) is -6.58. The highest BCUT2D eigenvalue weighted by Gasteiger charge is 2.47. The summed E-state index contributed by atoms with van der Waals surface area (Å²) in [6.45, 7) is 3.36. The van der Waals surface area contributed by atoms with Crippen LogP contribution >= 0.6 is 7.60 Å². The predicted molar refractivity (Wildman–Crippen MR) is 88.8 cm³/mol. The van der Waals surface area contributed by atoms with Gasteiger partial charge >= 0.3 is 13.3 Å². The molecule has 0 bridgehead atoms. The molecule has 1 fully saturated rings. The van der Waals surface area contributed by atoms with E-state index in [1.807, 2.05) is 4.98 Å². The van der Waals surface area contributed by atoms with E-state index in [2.05, 4.69) is 0 Å². The SMILES string of the molecule is [2H]C([2H])([2H])O[C@@H]1[C@H](O)C(OCP(=O)(OCC)OCC)O[C@H]1n1ccc(=O)[nH]c1=O. The second-order valence-corrected chi connectivity index (χ2v) is 7.22. The van der Waals surface area contributed by atoms with Crippen molar-refractivity contribution in [2.24, 2.45) is 0 Å². The summed E-state index contributed by atoms with van der Waals surface area (Å²) in [6, 6.07) is 1.01. The van der Waals surface area contributed by atoms with Gasteiger partial charge in [-0.3, -0.25) is 18.9 Å². The molecule has 0 saturated carbocycles. The molecule has 0 aromatic carbocycles. The van der Waals surface area contributed by atoms with E-state index in [1.165, 1.54) is 0 Å². The van der Waals surface area contributed by atoms with Crippen molar-refractivity contribution in [2.75, 3.05) is 26.6 Å². The molecule has 1 saturated heterocycles. The molecule has 2 N–H and O–H groups in total. The van der Waals surface area contributed by atoms with Gasteiger partial charge in [0.15, 0.2) is 18.9 Å². The molecule has 0 spiro atoms. The Hall–Kier alpha value is -1.33. The molecule has 148 valence electrons. The van der Waals surface area contributed by atoms with Crippen molar-refractivity contribution in [3.05, 3.63) is 33.1 Å². The van der Waals surface area contributed by atoms with Crippen LogP contribution in [0.1, 0.15) is 24.2 Å². The van der Waals surface area contributed by atoms with Crippen LogP contribution in [0.5, 0.6) is 0 Å². The van der Waals surface area contributed by atoms with E-state index in [-0.39, 0.29) is 13.2 Å². The van der Waals surface area contributed by atoms with E-state index in [0.717, 1.165) is 16.8 Å². The lowest BCUT2D eigenvalue weighted by atomic mass is 10.2. The van der Waals surface area contributed by atoms with Gasteiger partial charge in [0.1, 0.15) is 12.2 Å². The van der Waals surface area contributed by atoms with Crippen molar-refractivity contribution in [1.82, 2.24) is 9.55 Å². The zero-order valence-electron chi connectivity index (χ0n) is 17.2. The van der Waals surface area contributed by atoms with E-state index in [0.29, 0.717) is 0 Å². The summed E-state index contributed by atoms with van der Waals surface area (Å²) < 4.78 is 61.0. The highest BCUT2D eigenvalue weighted by molar-refractivity contribution is 7.53. The smallest absolute Gasteiger partial charge is 0.356 e. The van der Waals surface area contributed by atoms with Gasteiger partial charge in [-0.2, -0.15) is 0 Å². The molecular formula is C14H23N2O9P. The van der Waals surface area contributed by atoms with Gasteiger partial charge in [0.05, 0.1) is 17.3 Å². The maximum Gasteiger partial charge on any atom is 0.356 e. The third kappa shape index (κ3) is 4.68. The molecule has 2 rings (SSSR count). The minimum absolute atomic E-state index is 0.0783. The summed E-state index contributed by atoms with van der Waals surface area (Å²) in [5.41, 5.74) is -1.59. The van der Waals surface area contributed by atoms with Crippen LogP contribution in [0.2, 0.25) is 0 Å². The molecule has 1 aromatic heterocycles. The first-order chi connectivity index (χ1) is 13.5. The third-order valence-electron chi connectivity index (χ3n) is 3.48. The molecule has 1 aliphatic heterocycles. The van der Waals surface area contributed by atoms with Gasteiger partial charge in [-0.1, -0.05) is 0 Å². The highest BCUT2D eigenvalue weighted by atomic mass is 31.2. The maximum absolute atomic E-state index is 12.5. The average Bonchev–Trinajstić information content (AvgIpc) is 2.88. The molecule has 1 aromatic rings. The Bertz CT molecular complexity index is 833. The molecule has 0 radical (unpaired) electrons. The minimum Gasteiger partial charge on any atom is -0.385 e. The summed E-state index contributed by atoms with van der Waals surface area (Å²) in [5.74, 6) is 0. The van der Waals surface area contributed by atoms with E-state index < -0.39 is 57.0 Å². The molecule has 1 aliphatic rings. The molecule has 2 heterocycles. The van der Waals surface area contributed by atoms with Gasteiger partial charge in [0.25, 0.3) is 5.56 Å². The van der Waals surface area contributed by atoms with Crippen LogP contribution in [-0.2, 0) is 27.8 Å². The molecule has 11 nitrogen and oxygen atoms in total. The lowest BCUT2D eigenvalue weighted by Crippen LogP contribution is -2.38. The van der Waals surface area contributed by atoms with Gasteiger partial charge in [-0.05, 0) is 13.8 Å². The normalized spacial score (nSPS) is 28.5. The molecule has 12 heteroatoms. The van der Waals surface area contributed by atoms with Crippen LogP contribution in [0.4, 0.5) is 0 Å². The number of methoxy groups -OCH3 is 1. The van der Waals surface area contributed by atoms with Gasteiger partial charge in [-0.15, -0.1) is 0 Å². The fraction of sp³-hybridized carbons (Fsp3) is 0.714. The maximum atomic E-state index is 12.5. The van der Waals surface area contributed by atoms with Crippen molar-refractivity contribution in [3.63, 3.8) is 0 Å². The van der Waals surface area contributed by atoms with Crippen LogP contribution in [-0.4, -0.2) is 59.8 Å². The number of rotatable bonds is 9. The van der Waals surface area contributed by atoms with Gasteiger partial charge in [-0.25, -0.2) is 4.79 Å². The molecular weight excluding hydrogens is 371 g/mol. The third-order valence-corrected chi connectivity index (χ3v) is 5.25. The van der Waals surface area contributed by atoms with Crippen LogP contribution in [0.3, 0.4) is 0 Å². The number of nitrogens with zero attached hydrogens (tertiary/aromatic N) is 1. The highest BCUT2D eigenvalue weighted by Crippen LogP contribution is 2.48. The first-order valence-corrected chi connectivity index (χ1v) is 9.55. The lowest BCUT2D eigenvalue weighted by molar-refractivity contribution is -0.169. The van der Waals surface area contributed by atoms with Crippen LogP contribution in [0, 0.1) is 0 Å². The second kappa shape index (κ2) is 9.05. The summed E-state index contributed by atoms with van der Waals surface area (Å²) >= 11 is 0. The molecule has 1 unspecified atom stereocenters. The largest absolute Gasteiger partial charge is 0.385 e. The van der Waals surface area contributed by atoms with Crippen LogP contribution < -0.4 is 11.2 Å². The summed E-state index contributed by atoms with van der Waals surface area (Å²) in [4.78, 5) is 25.3. The fourth-order valence-electron chi connectivity index (χ4n) is 2.41. The number of hydrogen-bond donors (Lipinski definition) is 2. The van der Waals surface area contributed by atoms with Crippen molar-refractivity contribution in [1.29, 1.82) is 0 Å². The molecule has 4 atom stereocenters. The number of aliphatic hydroxyl groups excluding tert-OH is 1. The van der Waals surface area contributed by atoms with E-state index in [1.54, 1.807) is 13.8 Å². The number of H-pyrrole nitrogens is 1. The van der Waals surface area contributed by atoms with Crippen molar-refractivity contribution in [2.45, 2.75) is 38.6 Å². The molecule has 0 amide bonds. The predicted octanol–water partition coefficient (Wildman–Crippen LogP) is 0.00760. The standard InChI is InChI=1S/C14H23N2O9P/c1-4-23-26(20,24-5-2)8-22-13-10(18)11(21-3)12(25-13)16-7-6-9(17)15-14(16)19/h6-7,10-13,18H,4-5,8H2,1-3H3,(H,15,17,19)/t10-,11+,12+,13?/m0/s1/i3D3. The van der Waals surface area contributed by atoms with E-state index >= 15 is 0 Å². The van der Waals surface area contributed by atoms with Crippen molar-refractivity contribution < 1.29 is 37.0 Å². The van der Waals surface area contributed by atoms with E-state index in [9.17, 15) is 19.3 Å². The summed E-state index contributed by atoms with van der Waals surface area (Å²) in [5, 5.41) is 10.5. The fourth-order valence-corrected chi connectivity index (χ4v) is 3.75. The van der Waals surface area contributed by atoms with Gasteiger partial charge in [0.2, 0.25) is 0 Å². The Kier molecular flexibility index (Phi) is 5.85. The lowest BCUT2D eigenvalue weighted by Gasteiger charge is -2.21. The number of aliphatic hydroxyl groups is 1. The number of aromatic amines is 1. The quantitative estimate of drug-likeness (QED) is 0.552. The first-order valence-electron chi connectivity index (χ1n) is 9.32. The zero-order valence-corrected chi connectivity index (χ0v) is 15.1. The zero-order chi connectivity index (χ0) is 21.8. The van der Waals surface area contributed by atoms with Crippen molar-refractivity contribution in [3.8, 4) is 0 Å². The number of hydrogen-bond acceptors (Lipinski definition) is 9. The van der Waals surface area contributed by atoms with E-state index in [4.69, 9.17) is 27.4 Å². The molecule has 0 aliphatic carbocycles. The Balaban J connectivity index is 2.26. The van der Waals surface area contributed by atoms with Gasteiger partial charge < -0.3 is 28.4 Å². The number of nitrogens with one attached hydrogen (secondary N) is 1. The van der Waals surface area contributed by atoms with Gasteiger partial charge in [0, 0.05) is 19.3 Å².